The van der Waals surface area contributed by atoms with Crippen LogP contribution in [0, 0.1) is 11.3 Å². The maximum absolute atomic E-state index is 8.97. The van der Waals surface area contributed by atoms with Gasteiger partial charge >= 0.3 is 0 Å². The van der Waals surface area contributed by atoms with Crippen LogP contribution < -0.4 is 0 Å². The molecule has 0 heterocycles. The van der Waals surface area contributed by atoms with Crippen LogP contribution in [0.1, 0.15) is 34.6 Å². The minimum Gasteiger partial charge on any atom is -0.396 e. The van der Waals surface area contributed by atoms with Crippen LogP contribution >= 0.6 is 0 Å². The molecule has 0 radical (unpaired) electrons. The fraction of sp³-hybridized carbons (Fsp3) is 1.00. The molecule has 1 atom stereocenters. The monoisotopic (exact) mass is 174 g/mol. The summed E-state index contributed by atoms with van der Waals surface area (Å²) in [6, 6.07) is 0. The Morgan fingerprint density at radius 1 is 1.25 bits per heavy atom. The summed E-state index contributed by atoms with van der Waals surface area (Å²) in [6.45, 7) is 11.1. The average Bonchev–Trinajstić information content (AvgIpc) is 2.00. The van der Waals surface area contributed by atoms with E-state index in [9.17, 15) is 0 Å². The Labute approximate surface area is 75.9 Å². The molecule has 0 spiro atoms. The molecule has 0 amide bonds. The fourth-order valence-electron chi connectivity index (χ4n) is 0.595. The Kier molecular flexibility index (Phi) is 4.80. The summed E-state index contributed by atoms with van der Waals surface area (Å²) in [7, 11) is 0. The van der Waals surface area contributed by atoms with Gasteiger partial charge in [0.25, 0.3) is 0 Å². The van der Waals surface area contributed by atoms with E-state index < -0.39 is 0 Å². The SMILES string of the molecule is CC(C)C(C)OCC(C)(C)CO. The van der Waals surface area contributed by atoms with Gasteiger partial charge in [-0.05, 0) is 12.8 Å². The maximum atomic E-state index is 8.97. The van der Waals surface area contributed by atoms with Crippen molar-refractivity contribution in [2.24, 2.45) is 11.3 Å². The summed E-state index contributed by atoms with van der Waals surface area (Å²) in [5.41, 5.74) is -0.108. The van der Waals surface area contributed by atoms with E-state index in [1.807, 2.05) is 13.8 Å². The predicted molar refractivity (Wildman–Crippen MR) is 51.1 cm³/mol. The third-order valence-corrected chi connectivity index (χ3v) is 2.10. The first-order valence-electron chi connectivity index (χ1n) is 4.61. The van der Waals surface area contributed by atoms with Gasteiger partial charge < -0.3 is 9.84 Å². The van der Waals surface area contributed by atoms with E-state index >= 15 is 0 Å². The van der Waals surface area contributed by atoms with Crippen molar-refractivity contribution < 1.29 is 9.84 Å². The molecule has 0 fully saturated rings. The second-order valence-corrected chi connectivity index (χ2v) is 4.58. The van der Waals surface area contributed by atoms with Gasteiger partial charge in [0.05, 0.1) is 19.3 Å². The number of hydrogen-bond donors (Lipinski definition) is 1. The highest BCUT2D eigenvalue weighted by molar-refractivity contribution is 4.67. The Balaban J connectivity index is 3.67. The first-order valence-corrected chi connectivity index (χ1v) is 4.61. The molecule has 0 aliphatic carbocycles. The Bertz CT molecular complexity index is 119. The van der Waals surface area contributed by atoms with E-state index in [-0.39, 0.29) is 18.1 Å². The molecule has 0 aromatic heterocycles. The first kappa shape index (κ1) is 11.9. The minimum atomic E-state index is -0.108. The van der Waals surface area contributed by atoms with Gasteiger partial charge in [-0.1, -0.05) is 27.7 Å². The summed E-state index contributed by atoms with van der Waals surface area (Å²) in [5, 5.41) is 8.97. The topological polar surface area (TPSA) is 29.5 Å². The van der Waals surface area contributed by atoms with Gasteiger partial charge in [-0.3, -0.25) is 0 Å². The summed E-state index contributed by atoms with van der Waals surface area (Å²) in [4.78, 5) is 0. The average molecular weight is 174 g/mol. The molecule has 0 saturated heterocycles. The van der Waals surface area contributed by atoms with Crippen LogP contribution in [0.2, 0.25) is 0 Å². The molecule has 0 bridgehead atoms. The van der Waals surface area contributed by atoms with Gasteiger partial charge in [-0.25, -0.2) is 0 Å². The van der Waals surface area contributed by atoms with Crippen molar-refractivity contribution >= 4 is 0 Å². The molecule has 0 saturated carbocycles. The van der Waals surface area contributed by atoms with Crippen LogP contribution in [0.3, 0.4) is 0 Å². The van der Waals surface area contributed by atoms with Gasteiger partial charge in [0.2, 0.25) is 0 Å². The summed E-state index contributed by atoms with van der Waals surface area (Å²) >= 11 is 0. The summed E-state index contributed by atoms with van der Waals surface area (Å²) in [5.74, 6) is 0.541. The second kappa shape index (κ2) is 4.83. The lowest BCUT2D eigenvalue weighted by Gasteiger charge is -2.25. The van der Waals surface area contributed by atoms with Gasteiger partial charge in [0.15, 0.2) is 0 Å². The number of aliphatic hydroxyl groups is 1. The van der Waals surface area contributed by atoms with Crippen molar-refractivity contribution in [2.75, 3.05) is 13.2 Å². The molecule has 0 aliphatic heterocycles. The predicted octanol–water partition coefficient (Wildman–Crippen LogP) is 2.07. The molecule has 0 aromatic rings. The zero-order valence-corrected chi connectivity index (χ0v) is 8.92. The summed E-state index contributed by atoms with van der Waals surface area (Å²) < 4.78 is 5.60. The Hall–Kier alpha value is -0.0800. The Morgan fingerprint density at radius 2 is 1.75 bits per heavy atom. The molecule has 12 heavy (non-hydrogen) atoms. The van der Waals surface area contributed by atoms with Crippen LogP contribution in [0.4, 0.5) is 0 Å². The zero-order valence-electron chi connectivity index (χ0n) is 8.92. The lowest BCUT2D eigenvalue weighted by molar-refractivity contribution is -0.0273. The van der Waals surface area contributed by atoms with Crippen molar-refractivity contribution in [3.05, 3.63) is 0 Å². The molecule has 1 N–H and O–H groups in total. The third-order valence-electron chi connectivity index (χ3n) is 2.10. The van der Waals surface area contributed by atoms with E-state index in [2.05, 4.69) is 20.8 Å². The van der Waals surface area contributed by atoms with Gasteiger partial charge in [0.1, 0.15) is 0 Å². The van der Waals surface area contributed by atoms with Crippen LogP contribution in [-0.4, -0.2) is 24.4 Å². The molecule has 0 aromatic carbocycles. The van der Waals surface area contributed by atoms with E-state index in [4.69, 9.17) is 9.84 Å². The number of rotatable bonds is 5. The van der Waals surface area contributed by atoms with Gasteiger partial charge in [-0.2, -0.15) is 0 Å². The zero-order chi connectivity index (χ0) is 9.78. The van der Waals surface area contributed by atoms with E-state index in [1.54, 1.807) is 0 Å². The first-order chi connectivity index (χ1) is 5.39. The lowest BCUT2D eigenvalue weighted by atomic mass is 9.96. The number of hydrogen-bond acceptors (Lipinski definition) is 2. The van der Waals surface area contributed by atoms with E-state index in [0.717, 1.165) is 0 Å². The van der Waals surface area contributed by atoms with Crippen LogP contribution in [0.15, 0.2) is 0 Å². The molecule has 0 rings (SSSR count). The fourth-order valence-corrected chi connectivity index (χ4v) is 0.595. The number of aliphatic hydroxyl groups excluding tert-OH is 1. The second-order valence-electron chi connectivity index (χ2n) is 4.58. The molecule has 74 valence electrons. The van der Waals surface area contributed by atoms with E-state index in [1.165, 1.54) is 0 Å². The highest BCUT2D eigenvalue weighted by Gasteiger charge is 2.18. The molecular formula is C10H22O2. The van der Waals surface area contributed by atoms with Crippen LogP contribution in [0.25, 0.3) is 0 Å². The quantitative estimate of drug-likeness (QED) is 0.691. The third kappa shape index (κ3) is 4.73. The van der Waals surface area contributed by atoms with Crippen LogP contribution in [0.5, 0.6) is 0 Å². The van der Waals surface area contributed by atoms with Crippen molar-refractivity contribution in [3.63, 3.8) is 0 Å². The van der Waals surface area contributed by atoms with E-state index in [0.29, 0.717) is 12.5 Å². The summed E-state index contributed by atoms with van der Waals surface area (Å²) in [6.07, 6.45) is 0.274. The molecule has 2 heteroatoms. The maximum Gasteiger partial charge on any atom is 0.0570 e. The molecule has 1 unspecified atom stereocenters. The van der Waals surface area contributed by atoms with Gasteiger partial charge in [0, 0.05) is 5.41 Å². The van der Waals surface area contributed by atoms with Crippen molar-refractivity contribution in [2.45, 2.75) is 40.7 Å². The smallest absolute Gasteiger partial charge is 0.0570 e. The van der Waals surface area contributed by atoms with Crippen molar-refractivity contribution in [1.29, 1.82) is 0 Å². The highest BCUT2D eigenvalue weighted by atomic mass is 16.5. The highest BCUT2D eigenvalue weighted by Crippen LogP contribution is 2.16. The Morgan fingerprint density at radius 3 is 2.08 bits per heavy atom. The minimum absolute atomic E-state index is 0.108. The molecular weight excluding hydrogens is 152 g/mol. The molecule has 0 aliphatic rings. The van der Waals surface area contributed by atoms with Crippen molar-refractivity contribution in [3.8, 4) is 0 Å². The lowest BCUT2D eigenvalue weighted by Crippen LogP contribution is -2.28. The normalized spacial score (nSPS) is 15.2. The van der Waals surface area contributed by atoms with Crippen LogP contribution in [-0.2, 0) is 4.74 Å². The van der Waals surface area contributed by atoms with Gasteiger partial charge in [-0.15, -0.1) is 0 Å². The molecule has 2 nitrogen and oxygen atoms in total. The van der Waals surface area contributed by atoms with Crippen molar-refractivity contribution in [1.82, 2.24) is 0 Å². The largest absolute Gasteiger partial charge is 0.396 e. The number of ether oxygens (including phenoxy) is 1. The standard InChI is InChI=1S/C10H22O2/c1-8(2)9(3)12-7-10(4,5)6-11/h8-9,11H,6-7H2,1-5H3.